The van der Waals surface area contributed by atoms with Crippen molar-refractivity contribution in [1.29, 1.82) is 0 Å². The van der Waals surface area contributed by atoms with Crippen molar-refractivity contribution in [3.8, 4) is 0 Å². The molecule has 2 N–H and O–H groups in total. The van der Waals surface area contributed by atoms with Crippen LogP contribution in [0.1, 0.15) is 18.9 Å². The molecule has 1 aliphatic heterocycles. The van der Waals surface area contributed by atoms with E-state index in [0.29, 0.717) is 19.7 Å². The van der Waals surface area contributed by atoms with Gasteiger partial charge in [0.2, 0.25) is 0 Å². The fourth-order valence-corrected chi connectivity index (χ4v) is 2.32. The molecule has 0 radical (unpaired) electrons. The summed E-state index contributed by atoms with van der Waals surface area (Å²) in [6, 6.07) is 2.94. The number of thiocarbonyl (C=S) groups is 1. The maximum Gasteiger partial charge on any atom is 0.182 e. The van der Waals surface area contributed by atoms with Crippen LogP contribution in [0.15, 0.2) is 12.1 Å². The number of morpholine rings is 1. The number of anilines is 1. The normalized spacial score (nSPS) is 19.5. The molecule has 0 bridgehead atoms. The van der Waals surface area contributed by atoms with E-state index in [1.165, 1.54) is 12.1 Å². The van der Waals surface area contributed by atoms with E-state index in [-0.39, 0.29) is 22.3 Å². The Balaban J connectivity index is 2.30. The topological polar surface area (TPSA) is 38.5 Å². The number of hydrogen-bond acceptors (Lipinski definition) is 3. The van der Waals surface area contributed by atoms with Gasteiger partial charge in [-0.2, -0.15) is 0 Å². The van der Waals surface area contributed by atoms with Gasteiger partial charge < -0.3 is 15.4 Å². The van der Waals surface area contributed by atoms with Crippen molar-refractivity contribution in [2.24, 2.45) is 5.73 Å². The first-order valence-corrected chi connectivity index (χ1v) is 6.59. The maximum atomic E-state index is 14.1. The third kappa shape index (κ3) is 2.84. The van der Waals surface area contributed by atoms with E-state index < -0.39 is 11.6 Å². The Bertz CT molecular complexity index is 496. The summed E-state index contributed by atoms with van der Waals surface area (Å²) in [5.74, 6) is -1.88. The average molecular weight is 286 g/mol. The SMILES string of the molecule is CCC1CN(c2ccc(C(N)=S)c(F)c2F)CCO1. The Kier molecular flexibility index (Phi) is 4.31. The van der Waals surface area contributed by atoms with Crippen molar-refractivity contribution in [2.75, 3.05) is 24.6 Å². The fraction of sp³-hybridized carbons (Fsp3) is 0.462. The minimum atomic E-state index is -0.982. The van der Waals surface area contributed by atoms with Gasteiger partial charge in [0.05, 0.1) is 18.4 Å². The summed E-state index contributed by atoms with van der Waals surface area (Å²) in [6.45, 7) is 3.61. The zero-order chi connectivity index (χ0) is 14.0. The third-order valence-corrected chi connectivity index (χ3v) is 3.48. The van der Waals surface area contributed by atoms with Crippen LogP contribution in [0.3, 0.4) is 0 Å². The third-order valence-electron chi connectivity index (χ3n) is 3.26. The van der Waals surface area contributed by atoms with Gasteiger partial charge in [0.25, 0.3) is 0 Å². The molecule has 6 heteroatoms. The second kappa shape index (κ2) is 5.79. The summed E-state index contributed by atoms with van der Waals surface area (Å²) in [4.78, 5) is 1.65. The Labute approximate surface area is 116 Å². The van der Waals surface area contributed by atoms with E-state index in [0.717, 1.165) is 6.42 Å². The number of nitrogens with zero attached hydrogens (tertiary/aromatic N) is 1. The van der Waals surface area contributed by atoms with E-state index in [4.69, 9.17) is 10.5 Å². The summed E-state index contributed by atoms with van der Waals surface area (Å²) in [5, 5.41) is 0. The molecule has 1 saturated heterocycles. The molecule has 1 aliphatic rings. The average Bonchev–Trinajstić information content (AvgIpc) is 2.41. The van der Waals surface area contributed by atoms with Crippen molar-refractivity contribution in [1.82, 2.24) is 0 Å². The summed E-state index contributed by atoms with van der Waals surface area (Å²) in [5.41, 5.74) is 5.52. The molecule has 1 heterocycles. The minimum Gasteiger partial charge on any atom is -0.389 e. The predicted molar refractivity (Wildman–Crippen MR) is 74.5 cm³/mol. The molecule has 0 aromatic heterocycles. The van der Waals surface area contributed by atoms with Gasteiger partial charge in [-0.15, -0.1) is 0 Å². The Morgan fingerprint density at radius 3 is 2.84 bits per heavy atom. The highest BCUT2D eigenvalue weighted by Crippen LogP contribution is 2.26. The van der Waals surface area contributed by atoms with Crippen molar-refractivity contribution in [3.05, 3.63) is 29.3 Å². The Morgan fingerprint density at radius 2 is 2.21 bits per heavy atom. The van der Waals surface area contributed by atoms with Crippen LogP contribution in [0.25, 0.3) is 0 Å². The molecular weight excluding hydrogens is 270 g/mol. The summed E-state index contributed by atoms with van der Waals surface area (Å²) in [6.07, 6.45) is 0.887. The second-order valence-corrected chi connectivity index (χ2v) is 4.91. The standard InChI is InChI=1S/C13H16F2N2OS/c1-2-8-7-17(5-6-18-8)10-4-3-9(13(16)19)11(14)12(10)15/h3-4,8H,2,5-7H2,1H3,(H2,16,19). The molecule has 19 heavy (non-hydrogen) atoms. The molecule has 0 aliphatic carbocycles. The number of nitrogens with two attached hydrogens (primary N) is 1. The van der Waals surface area contributed by atoms with Gasteiger partial charge in [0, 0.05) is 18.7 Å². The Hall–Kier alpha value is -1.27. The van der Waals surface area contributed by atoms with Gasteiger partial charge in [-0.1, -0.05) is 19.1 Å². The van der Waals surface area contributed by atoms with Crippen LogP contribution in [0.5, 0.6) is 0 Å². The predicted octanol–water partition coefficient (Wildman–Crippen LogP) is 2.21. The number of halogens is 2. The van der Waals surface area contributed by atoms with Crippen LogP contribution in [0.4, 0.5) is 14.5 Å². The van der Waals surface area contributed by atoms with Gasteiger partial charge in [0.1, 0.15) is 4.99 Å². The van der Waals surface area contributed by atoms with Crippen LogP contribution in [-0.2, 0) is 4.74 Å². The maximum absolute atomic E-state index is 14.1. The zero-order valence-electron chi connectivity index (χ0n) is 10.7. The van der Waals surface area contributed by atoms with Crippen LogP contribution < -0.4 is 10.6 Å². The summed E-state index contributed by atoms with van der Waals surface area (Å²) >= 11 is 4.68. The summed E-state index contributed by atoms with van der Waals surface area (Å²) < 4.78 is 33.4. The molecule has 104 valence electrons. The highest BCUT2D eigenvalue weighted by Gasteiger charge is 2.24. The number of ether oxygens (including phenoxy) is 1. The molecular formula is C13H16F2N2OS. The van der Waals surface area contributed by atoms with E-state index >= 15 is 0 Å². The highest BCUT2D eigenvalue weighted by atomic mass is 32.1. The van der Waals surface area contributed by atoms with Gasteiger partial charge >= 0.3 is 0 Å². The molecule has 0 spiro atoms. The van der Waals surface area contributed by atoms with Gasteiger partial charge in [-0.25, -0.2) is 8.78 Å². The first-order valence-electron chi connectivity index (χ1n) is 6.19. The number of hydrogen-bond donors (Lipinski definition) is 1. The van der Waals surface area contributed by atoms with Crippen molar-refractivity contribution >= 4 is 22.9 Å². The van der Waals surface area contributed by atoms with E-state index in [1.807, 2.05) is 6.92 Å². The molecule has 1 fully saturated rings. The molecule has 0 saturated carbocycles. The summed E-state index contributed by atoms with van der Waals surface area (Å²) in [7, 11) is 0. The smallest absolute Gasteiger partial charge is 0.182 e. The van der Waals surface area contributed by atoms with Crippen LogP contribution in [0, 0.1) is 11.6 Å². The lowest BCUT2D eigenvalue weighted by Crippen LogP contribution is -2.42. The molecule has 1 aromatic carbocycles. The minimum absolute atomic E-state index is 0.0477. The molecule has 2 rings (SSSR count). The molecule has 0 amide bonds. The van der Waals surface area contributed by atoms with Gasteiger partial charge in [0.15, 0.2) is 11.6 Å². The Morgan fingerprint density at radius 1 is 1.47 bits per heavy atom. The van der Waals surface area contributed by atoms with E-state index in [2.05, 4.69) is 12.2 Å². The lowest BCUT2D eigenvalue weighted by atomic mass is 10.1. The molecule has 1 atom stereocenters. The largest absolute Gasteiger partial charge is 0.389 e. The van der Waals surface area contributed by atoms with Crippen LogP contribution in [-0.4, -0.2) is 30.8 Å². The van der Waals surface area contributed by atoms with E-state index in [1.54, 1.807) is 4.90 Å². The number of benzene rings is 1. The monoisotopic (exact) mass is 286 g/mol. The van der Waals surface area contributed by atoms with Crippen LogP contribution in [0.2, 0.25) is 0 Å². The molecule has 1 aromatic rings. The lowest BCUT2D eigenvalue weighted by molar-refractivity contribution is 0.0382. The van der Waals surface area contributed by atoms with Crippen molar-refractivity contribution in [2.45, 2.75) is 19.4 Å². The highest BCUT2D eigenvalue weighted by molar-refractivity contribution is 7.80. The fourth-order valence-electron chi connectivity index (χ4n) is 2.16. The number of rotatable bonds is 3. The molecule has 3 nitrogen and oxygen atoms in total. The first kappa shape index (κ1) is 14.1. The van der Waals surface area contributed by atoms with Gasteiger partial charge in [-0.3, -0.25) is 0 Å². The zero-order valence-corrected chi connectivity index (χ0v) is 11.5. The van der Waals surface area contributed by atoms with E-state index in [9.17, 15) is 8.78 Å². The molecule has 1 unspecified atom stereocenters. The lowest BCUT2D eigenvalue weighted by Gasteiger charge is -2.34. The van der Waals surface area contributed by atoms with Crippen LogP contribution >= 0.6 is 12.2 Å². The van der Waals surface area contributed by atoms with Crippen molar-refractivity contribution in [3.63, 3.8) is 0 Å². The quantitative estimate of drug-likeness (QED) is 0.865. The second-order valence-electron chi connectivity index (χ2n) is 4.47. The van der Waals surface area contributed by atoms with Crippen molar-refractivity contribution < 1.29 is 13.5 Å². The first-order chi connectivity index (χ1) is 9.04. The van der Waals surface area contributed by atoms with Gasteiger partial charge in [-0.05, 0) is 18.6 Å².